The monoisotopic (exact) mass is 387 g/mol. The first kappa shape index (κ1) is 18.3. The van der Waals surface area contributed by atoms with Crippen molar-refractivity contribution in [1.29, 1.82) is 0 Å². The Morgan fingerprint density at radius 3 is 2.38 bits per heavy atom. The van der Waals surface area contributed by atoms with E-state index >= 15 is 0 Å². The van der Waals surface area contributed by atoms with E-state index in [0.29, 0.717) is 13.4 Å². The fourth-order valence-electron chi connectivity index (χ4n) is 4.03. The Bertz CT molecular complexity index is 1040. The highest BCUT2D eigenvalue weighted by molar-refractivity contribution is 6.02. The van der Waals surface area contributed by atoms with E-state index in [0.717, 1.165) is 31.7 Å². The van der Waals surface area contributed by atoms with Gasteiger partial charge in [0.1, 0.15) is 0 Å². The molecule has 1 heterocycles. The zero-order valence-corrected chi connectivity index (χ0v) is 17.2. The van der Waals surface area contributed by atoms with Gasteiger partial charge in [0.05, 0.1) is 18.4 Å². The lowest BCUT2D eigenvalue weighted by Crippen LogP contribution is -2.25. The van der Waals surface area contributed by atoms with Crippen LogP contribution in [-0.4, -0.2) is 33.0 Å². The first-order valence-electron chi connectivity index (χ1n) is 11.3. The maximum atomic E-state index is 7.46. The number of hydrogen-bond donors (Lipinski definition) is 0. The average molecular weight is 388 g/mol. The molecule has 0 atom stereocenters. The molecule has 0 fully saturated rings. The summed E-state index contributed by atoms with van der Waals surface area (Å²) in [5.74, 6) is 0. The molecule has 0 aliphatic heterocycles. The molecule has 0 amide bonds. The molecule has 0 aliphatic carbocycles. The lowest BCUT2D eigenvalue weighted by molar-refractivity contribution is 0.258. The predicted molar refractivity (Wildman–Crippen MR) is 121 cm³/mol. The Hall–Kier alpha value is -2.72. The molecule has 150 valence electrons. The van der Waals surface area contributed by atoms with Crippen LogP contribution in [0.5, 0.6) is 0 Å². The van der Waals surface area contributed by atoms with Gasteiger partial charge in [-0.15, -0.1) is 5.10 Å². The molecule has 0 N–H and O–H groups in total. The van der Waals surface area contributed by atoms with Gasteiger partial charge < -0.3 is 0 Å². The predicted octanol–water partition coefficient (Wildman–Crippen LogP) is 5.64. The number of rotatable bonds is 9. The summed E-state index contributed by atoms with van der Waals surface area (Å²) in [6, 6.07) is 19.4. The van der Waals surface area contributed by atoms with E-state index in [-0.39, 0.29) is 0 Å². The molecular formula is C25H30N4. The lowest BCUT2D eigenvalue weighted by Gasteiger charge is -2.19. The van der Waals surface area contributed by atoms with Crippen molar-refractivity contribution in [3.63, 3.8) is 0 Å². The van der Waals surface area contributed by atoms with Crippen LogP contribution in [0.3, 0.4) is 0 Å². The van der Waals surface area contributed by atoms with Crippen molar-refractivity contribution < 1.29 is 1.37 Å². The number of fused-ring (bicyclic) bond motifs is 2. The summed E-state index contributed by atoms with van der Waals surface area (Å²) in [5, 5.41) is 14.0. The van der Waals surface area contributed by atoms with E-state index in [1.165, 1.54) is 39.9 Å². The molecule has 0 saturated heterocycles. The number of nitrogens with zero attached hydrogens (tertiary/aromatic N) is 4. The molecule has 4 nitrogen and oxygen atoms in total. The van der Waals surface area contributed by atoms with Gasteiger partial charge in [0.15, 0.2) is 0 Å². The summed E-state index contributed by atoms with van der Waals surface area (Å²) in [6.07, 6.45) is 5.34. The minimum atomic E-state index is 0.476. The molecule has 0 saturated carbocycles. The smallest absolute Gasteiger partial charge is 0.0967 e. The summed E-state index contributed by atoms with van der Waals surface area (Å²) >= 11 is 0. The number of unbranched alkanes of at least 4 members (excludes halogenated alkanes) is 1. The van der Waals surface area contributed by atoms with E-state index in [9.17, 15) is 0 Å². The number of hydrogen-bond acceptors (Lipinski definition) is 3. The van der Waals surface area contributed by atoms with E-state index in [1.54, 1.807) is 0 Å². The first-order valence-corrected chi connectivity index (χ1v) is 10.6. The summed E-state index contributed by atoms with van der Waals surface area (Å²) < 4.78 is 9.42. The molecule has 1 aromatic heterocycles. The Labute approximate surface area is 174 Å². The third-order valence-corrected chi connectivity index (χ3v) is 5.48. The lowest BCUT2D eigenvalue weighted by atomic mass is 9.97. The molecule has 0 spiro atoms. The first-order chi connectivity index (χ1) is 14.8. The van der Waals surface area contributed by atoms with E-state index < -0.39 is 0 Å². The third-order valence-electron chi connectivity index (χ3n) is 5.48. The highest BCUT2D eigenvalue weighted by Gasteiger charge is 2.11. The van der Waals surface area contributed by atoms with E-state index in [1.807, 2.05) is 4.68 Å². The van der Waals surface area contributed by atoms with Crippen LogP contribution in [0.4, 0.5) is 0 Å². The zero-order valence-electron chi connectivity index (χ0n) is 18.2. The van der Waals surface area contributed by atoms with Crippen LogP contribution in [0.15, 0.2) is 60.8 Å². The van der Waals surface area contributed by atoms with E-state index in [4.69, 9.17) is 1.37 Å². The van der Waals surface area contributed by atoms with E-state index in [2.05, 4.69) is 82.9 Å². The van der Waals surface area contributed by atoms with Crippen LogP contribution < -0.4 is 0 Å². The molecule has 0 radical (unpaired) electrons. The quantitative estimate of drug-likeness (QED) is 0.348. The maximum absolute atomic E-state index is 7.46. The Balaban J connectivity index is 1.59. The second-order valence-corrected chi connectivity index (χ2v) is 7.69. The second-order valence-electron chi connectivity index (χ2n) is 7.69. The SMILES string of the molecule is [2H]CCCN(CCCC)Cc1cn(Cc2c3ccccc3cc3ccccc23)nn1. The highest BCUT2D eigenvalue weighted by atomic mass is 15.4. The van der Waals surface area contributed by atoms with Gasteiger partial charge in [-0.2, -0.15) is 0 Å². The van der Waals surface area contributed by atoms with Crippen molar-refractivity contribution in [2.75, 3.05) is 13.1 Å². The van der Waals surface area contributed by atoms with Gasteiger partial charge in [-0.1, -0.05) is 74.0 Å². The molecular weight excluding hydrogens is 356 g/mol. The summed E-state index contributed by atoms with van der Waals surface area (Å²) in [6.45, 7) is 6.20. The minimum Gasteiger partial charge on any atom is -0.297 e. The van der Waals surface area contributed by atoms with Crippen LogP contribution in [0, 0.1) is 0 Å². The van der Waals surface area contributed by atoms with Gasteiger partial charge in [0.25, 0.3) is 0 Å². The van der Waals surface area contributed by atoms with Crippen molar-refractivity contribution in [3.8, 4) is 0 Å². The molecule has 0 unspecified atom stereocenters. The summed E-state index contributed by atoms with van der Waals surface area (Å²) in [4.78, 5) is 2.40. The zero-order chi connectivity index (χ0) is 20.8. The standard InChI is InChI=1S/C25H30N4/c1-3-5-15-28(14-4-2)17-22-18-29(27-26-22)19-25-23-12-8-6-10-20(23)16-21-11-7-9-13-24(21)25/h6-13,16,18H,3-5,14-15,17,19H2,1-2H3/i2D. The normalized spacial score (nSPS) is 12.1. The van der Waals surface area contributed by atoms with Gasteiger partial charge in [-0.25, -0.2) is 4.68 Å². The maximum Gasteiger partial charge on any atom is 0.0967 e. The molecule has 4 rings (SSSR count). The van der Waals surface area contributed by atoms with Crippen LogP contribution >= 0.6 is 0 Å². The van der Waals surface area contributed by atoms with Gasteiger partial charge in [0, 0.05) is 7.92 Å². The van der Waals surface area contributed by atoms with Crippen LogP contribution in [-0.2, 0) is 13.1 Å². The molecule has 29 heavy (non-hydrogen) atoms. The Morgan fingerprint density at radius 2 is 1.69 bits per heavy atom. The molecule has 3 aromatic carbocycles. The van der Waals surface area contributed by atoms with Crippen molar-refractivity contribution in [2.24, 2.45) is 0 Å². The summed E-state index contributed by atoms with van der Waals surface area (Å²) in [7, 11) is 0. The number of benzene rings is 3. The van der Waals surface area contributed by atoms with Gasteiger partial charge in [-0.3, -0.25) is 4.90 Å². The molecule has 4 aromatic rings. The van der Waals surface area contributed by atoms with Crippen molar-refractivity contribution in [3.05, 3.63) is 72.1 Å². The highest BCUT2D eigenvalue weighted by Crippen LogP contribution is 2.29. The van der Waals surface area contributed by atoms with Gasteiger partial charge in [-0.05, 0) is 59.1 Å². The fraction of sp³-hybridized carbons (Fsp3) is 0.360. The van der Waals surface area contributed by atoms with Crippen LogP contribution in [0.2, 0.25) is 0 Å². The fourth-order valence-corrected chi connectivity index (χ4v) is 4.03. The molecule has 0 bridgehead atoms. The molecule has 0 aliphatic rings. The van der Waals surface area contributed by atoms with Crippen molar-refractivity contribution in [1.82, 2.24) is 19.9 Å². The minimum absolute atomic E-state index is 0.476. The molecule has 4 heteroatoms. The second kappa shape index (κ2) is 9.19. The summed E-state index contributed by atoms with van der Waals surface area (Å²) in [5.41, 5.74) is 2.29. The average Bonchev–Trinajstić information content (AvgIpc) is 3.22. The Morgan fingerprint density at radius 1 is 0.966 bits per heavy atom. The third kappa shape index (κ3) is 4.48. The van der Waals surface area contributed by atoms with Crippen LogP contribution in [0.25, 0.3) is 21.5 Å². The topological polar surface area (TPSA) is 34.0 Å². The Kier molecular flexibility index (Phi) is 5.80. The van der Waals surface area contributed by atoms with Crippen molar-refractivity contribution >= 4 is 21.5 Å². The van der Waals surface area contributed by atoms with Gasteiger partial charge in [0.2, 0.25) is 0 Å². The number of aromatic nitrogens is 3. The largest absolute Gasteiger partial charge is 0.297 e. The van der Waals surface area contributed by atoms with Crippen molar-refractivity contribution in [2.45, 2.75) is 46.2 Å². The van der Waals surface area contributed by atoms with Gasteiger partial charge >= 0.3 is 0 Å². The van der Waals surface area contributed by atoms with Crippen LogP contribution in [0.1, 0.15) is 45.7 Å².